The second-order valence-electron chi connectivity index (χ2n) is 5.41. The van der Waals surface area contributed by atoms with Crippen molar-refractivity contribution in [2.45, 2.75) is 38.5 Å². The highest BCUT2D eigenvalue weighted by Crippen LogP contribution is 2.22. The molecule has 0 aliphatic carbocycles. The van der Waals surface area contributed by atoms with Gasteiger partial charge in [-0.3, -0.25) is 4.79 Å². The molecule has 0 bridgehead atoms. The Morgan fingerprint density at radius 2 is 1.67 bits per heavy atom. The molecule has 1 N–H and O–H groups in total. The second kappa shape index (κ2) is 7.63. The van der Waals surface area contributed by atoms with E-state index in [0.717, 1.165) is 24.8 Å². The fraction of sp³-hybridized carbons (Fsp3) is 0.316. The summed E-state index contributed by atoms with van der Waals surface area (Å²) in [6.45, 7) is 2.17. The standard InChI is InChI=1S/C19H22O2/c1-2-7-15-8-6-9-16(14-15)12-13-18(19(20)21)17-10-4-3-5-11-17/h3-6,8-11,14,18H,2,7,12-13H2,1H3,(H,20,21)/t18-/m1/s1. The molecule has 0 spiro atoms. The van der Waals surface area contributed by atoms with E-state index in [1.165, 1.54) is 11.1 Å². The van der Waals surface area contributed by atoms with Gasteiger partial charge >= 0.3 is 5.97 Å². The van der Waals surface area contributed by atoms with Crippen molar-refractivity contribution >= 4 is 5.97 Å². The monoisotopic (exact) mass is 282 g/mol. The van der Waals surface area contributed by atoms with E-state index in [1.54, 1.807) is 0 Å². The molecule has 2 aromatic rings. The van der Waals surface area contributed by atoms with Gasteiger partial charge in [0, 0.05) is 0 Å². The first-order valence-corrected chi connectivity index (χ1v) is 7.56. The number of carbonyl (C=O) groups is 1. The predicted octanol–water partition coefficient (Wildman–Crippen LogP) is 4.44. The molecule has 2 rings (SSSR count). The van der Waals surface area contributed by atoms with Gasteiger partial charge in [0.1, 0.15) is 0 Å². The number of hydrogen-bond donors (Lipinski definition) is 1. The quantitative estimate of drug-likeness (QED) is 0.815. The smallest absolute Gasteiger partial charge is 0.310 e. The highest BCUT2D eigenvalue weighted by Gasteiger charge is 2.19. The van der Waals surface area contributed by atoms with Crippen LogP contribution in [0.3, 0.4) is 0 Å². The Hall–Kier alpha value is -2.09. The molecule has 2 nitrogen and oxygen atoms in total. The number of rotatable bonds is 7. The lowest BCUT2D eigenvalue weighted by Gasteiger charge is -2.13. The lowest BCUT2D eigenvalue weighted by atomic mass is 9.92. The van der Waals surface area contributed by atoms with Gasteiger partial charge in [-0.15, -0.1) is 0 Å². The summed E-state index contributed by atoms with van der Waals surface area (Å²) in [5.74, 6) is -1.17. The third-order valence-corrected chi connectivity index (χ3v) is 3.75. The van der Waals surface area contributed by atoms with E-state index in [1.807, 2.05) is 30.3 Å². The first-order chi connectivity index (χ1) is 10.2. The van der Waals surface area contributed by atoms with Crippen LogP contribution in [0.5, 0.6) is 0 Å². The van der Waals surface area contributed by atoms with Gasteiger partial charge in [-0.25, -0.2) is 0 Å². The van der Waals surface area contributed by atoms with Crippen LogP contribution in [0.15, 0.2) is 54.6 Å². The Bertz CT molecular complexity index is 575. The van der Waals surface area contributed by atoms with Gasteiger partial charge in [0.2, 0.25) is 0 Å². The van der Waals surface area contributed by atoms with E-state index in [0.29, 0.717) is 6.42 Å². The van der Waals surface area contributed by atoms with E-state index in [-0.39, 0.29) is 0 Å². The van der Waals surface area contributed by atoms with Crippen molar-refractivity contribution in [2.75, 3.05) is 0 Å². The summed E-state index contributed by atoms with van der Waals surface area (Å²) in [6.07, 6.45) is 3.64. The molecule has 0 radical (unpaired) electrons. The Morgan fingerprint density at radius 1 is 1.00 bits per heavy atom. The second-order valence-corrected chi connectivity index (χ2v) is 5.41. The molecule has 0 heterocycles. The number of aryl methyl sites for hydroxylation is 2. The molecule has 0 saturated carbocycles. The zero-order chi connectivity index (χ0) is 15.1. The minimum Gasteiger partial charge on any atom is -0.481 e. The Labute approximate surface area is 126 Å². The molecule has 1 atom stereocenters. The van der Waals surface area contributed by atoms with E-state index < -0.39 is 11.9 Å². The van der Waals surface area contributed by atoms with Crippen molar-refractivity contribution in [3.8, 4) is 0 Å². The summed E-state index contributed by atoms with van der Waals surface area (Å²) in [5.41, 5.74) is 3.44. The van der Waals surface area contributed by atoms with Crippen LogP contribution >= 0.6 is 0 Å². The number of hydrogen-bond acceptors (Lipinski definition) is 1. The van der Waals surface area contributed by atoms with Crippen LogP contribution in [-0.2, 0) is 17.6 Å². The molecule has 21 heavy (non-hydrogen) atoms. The highest BCUT2D eigenvalue weighted by molar-refractivity contribution is 5.76. The Kier molecular flexibility index (Phi) is 5.56. The minimum atomic E-state index is -0.745. The molecule has 0 aliphatic heterocycles. The van der Waals surface area contributed by atoms with Crippen LogP contribution in [0, 0.1) is 0 Å². The SMILES string of the molecule is CCCc1cccc(CC[C@@H](C(=O)O)c2ccccc2)c1. The van der Waals surface area contributed by atoms with Crippen LogP contribution in [0.4, 0.5) is 0 Å². The summed E-state index contributed by atoms with van der Waals surface area (Å²) in [5, 5.41) is 9.44. The van der Waals surface area contributed by atoms with Gasteiger partial charge in [-0.2, -0.15) is 0 Å². The van der Waals surface area contributed by atoms with Crippen LogP contribution < -0.4 is 0 Å². The lowest BCUT2D eigenvalue weighted by Crippen LogP contribution is -2.12. The summed E-state index contributed by atoms with van der Waals surface area (Å²) in [7, 11) is 0. The summed E-state index contributed by atoms with van der Waals surface area (Å²) in [4.78, 5) is 11.5. The molecule has 0 amide bonds. The van der Waals surface area contributed by atoms with E-state index in [4.69, 9.17) is 0 Å². The first-order valence-electron chi connectivity index (χ1n) is 7.56. The van der Waals surface area contributed by atoms with Crippen LogP contribution in [0.1, 0.15) is 42.4 Å². The minimum absolute atomic E-state index is 0.430. The van der Waals surface area contributed by atoms with Gasteiger partial charge in [0.25, 0.3) is 0 Å². The number of aliphatic carboxylic acids is 1. The summed E-state index contributed by atoms with van der Waals surface area (Å²) < 4.78 is 0. The fourth-order valence-electron chi connectivity index (χ4n) is 2.66. The van der Waals surface area contributed by atoms with Crippen molar-refractivity contribution < 1.29 is 9.90 Å². The molecule has 0 saturated heterocycles. The molecule has 2 heteroatoms. The van der Waals surface area contributed by atoms with Crippen molar-refractivity contribution in [1.82, 2.24) is 0 Å². The molecule has 0 aliphatic rings. The first kappa shape index (κ1) is 15.3. The Balaban J connectivity index is 2.06. The zero-order valence-electron chi connectivity index (χ0n) is 12.5. The maximum atomic E-state index is 11.5. The number of carboxylic acid groups (broad SMARTS) is 1. The van der Waals surface area contributed by atoms with E-state index in [9.17, 15) is 9.90 Å². The molecule has 0 aromatic heterocycles. The normalized spacial score (nSPS) is 12.0. The van der Waals surface area contributed by atoms with Gasteiger partial charge in [-0.05, 0) is 36.0 Å². The maximum absolute atomic E-state index is 11.5. The van der Waals surface area contributed by atoms with Crippen molar-refractivity contribution in [3.05, 3.63) is 71.3 Å². The largest absolute Gasteiger partial charge is 0.481 e. The summed E-state index contributed by atoms with van der Waals surface area (Å²) >= 11 is 0. The molecule has 0 unspecified atom stereocenters. The van der Waals surface area contributed by atoms with Gasteiger partial charge in [0.05, 0.1) is 5.92 Å². The van der Waals surface area contributed by atoms with Crippen LogP contribution in [-0.4, -0.2) is 11.1 Å². The highest BCUT2D eigenvalue weighted by atomic mass is 16.4. The molecular weight excluding hydrogens is 260 g/mol. The maximum Gasteiger partial charge on any atom is 0.310 e. The molecule has 2 aromatic carbocycles. The van der Waals surface area contributed by atoms with Gasteiger partial charge < -0.3 is 5.11 Å². The predicted molar refractivity (Wildman–Crippen MR) is 85.6 cm³/mol. The van der Waals surface area contributed by atoms with Gasteiger partial charge in [0.15, 0.2) is 0 Å². The van der Waals surface area contributed by atoms with Crippen molar-refractivity contribution in [1.29, 1.82) is 0 Å². The third kappa shape index (κ3) is 4.45. The number of carboxylic acids is 1. The van der Waals surface area contributed by atoms with Gasteiger partial charge in [-0.1, -0.05) is 67.9 Å². The van der Waals surface area contributed by atoms with Crippen molar-refractivity contribution in [3.63, 3.8) is 0 Å². The molecule has 0 fully saturated rings. The van der Waals surface area contributed by atoms with Crippen LogP contribution in [0.25, 0.3) is 0 Å². The third-order valence-electron chi connectivity index (χ3n) is 3.75. The molecular formula is C19H22O2. The molecule has 110 valence electrons. The van der Waals surface area contributed by atoms with Crippen molar-refractivity contribution in [2.24, 2.45) is 0 Å². The fourth-order valence-corrected chi connectivity index (χ4v) is 2.66. The Morgan fingerprint density at radius 3 is 2.29 bits per heavy atom. The van der Waals surface area contributed by atoms with Crippen LogP contribution in [0.2, 0.25) is 0 Å². The zero-order valence-corrected chi connectivity index (χ0v) is 12.5. The average molecular weight is 282 g/mol. The van der Waals surface area contributed by atoms with E-state index >= 15 is 0 Å². The van der Waals surface area contributed by atoms with E-state index in [2.05, 4.69) is 31.2 Å². The average Bonchev–Trinajstić information content (AvgIpc) is 2.49. The lowest BCUT2D eigenvalue weighted by molar-refractivity contribution is -0.138. The number of benzene rings is 2. The summed E-state index contributed by atoms with van der Waals surface area (Å²) in [6, 6.07) is 18.0. The topological polar surface area (TPSA) is 37.3 Å².